The fraction of sp³-hybridized carbons (Fsp3) is 0.0769. The van der Waals surface area contributed by atoms with Crippen molar-refractivity contribution in [1.82, 2.24) is 0 Å². The Kier molecular flexibility index (Phi) is 4.26. The highest BCUT2D eigenvalue weighted by molar-refractivity contribution is 8.04. The molecule has 0 radical (unpaired) electrons. The molecule has 0 bridgehead atoms. The first-order valence-corrected chi connectivity index (χ1v) is 6.91. The van der Waals surface area contributed by atoms with Crippen molar-refractivity contribution in [2.75, 3.05) is 0 Å². The van der Waals surface area contributed by atoms with Gasteiger partial charge in [-0.3, -0.25) is 0 Å². The molecule has 0 atom stereocenters. The number of hydrogen-bond donors (Lipinski definition) is 0. The van der Waals surface area contributed by atoms with Crippen LogP contribution >= 0.6 is 46.6 Å². The third-order valence-corrected chi connectivity index (χ3v) is 3.70. The first-order chi connectivity index (χ1) is 8.06. The minimum absolute atomic E-state index is 0.957. The van der Waals surface area contributed by atoms with Gasteiger partial charge in [0.2, 0.25) is 3.12 Å². The molecule has 0 unspecified atom stereocenters. The van der Waals surface area contributed by atoms with Crippen molar-refractivity contribution >= 4 is 46.6 Å². The fourth-order valence-corrected chi connectivity index (χ4v) is 2.98. The summed E-state index contributed by atoms with van der Waals surface area (Å²) < 4.78 is -1.34. The molecule has 0 saturated heterocycles. The third kappa shape index (κ3) is 3.82. The van der Waals surface area contributed by atoms with Gasteiger partial charge < -0.3 is 0 Å². The number of rotatable bonds is 2. The molecule has 2 aromatic carbocycles. The van der Waals surface area contributed by atoms with Gasteiger partial charge >= 0.3 is 0 Å². The summed E-state index contributed by atoms with van der Waals surface area (Å²) in [6, 6.07) is 17.9. The highest BCUT2D eigenvalue weighted by atomic mass is 35.6. The first-order valence-electron chi connectivity index (χ1n) is 4.96. The van der Waals surface area contributed by atoms with Crippen molar-refractivity contribution in [2.24, 2.45) is 0 Å². The van der Waals surface area contributed by atoms with Crippen LogP contribution in [-0.4, -0.2) is 3.12 Å². The van der Waals surface area contributed by atoms with E-state index >= 15 is 0 Å². The predicted octanol–water partition coefficient (Wildman–Crippen LogP) is 5.77. The molecular weight excluding hydrogens is 295 g/mol. The fourth-order valence-electron chi connectivity index (χ4n) is 1.54. The Hall–Kier alpha value is -0.340. The van der Waals surface area contributed by atoms with Crippen LogP contribution in [0.2, 0.25) is 0 Å². The zero-order valence-electron chi connectivity index (χ0n) is 8.74. The van der Waals surface area contributed by atoms with Crippen LogP contribution in [0.25, 0.3) is 11.1 Å². The topological polar surface area (TPSA) is 0 Å². The van der Waals surface area contributed by atoms with E-state index in [1.165, 1.54) is 11.8 Å². The lowest BCUT2D eigenvalue weighted by Gasteiger charge is -2.14. The van der Waals surface area contributed by atoms with Crippen LogP contribution in [0.3, 0.4) is 0 Å². The van der Waals surface area contributed by atoms with E-state index in [0.717, 1.165) is 16.0 Å². The zero-order valence-corrected chi connectivity index (χ0v) is 11.8. The molecule has 0 N–H and O–H groups in total. The molecule has 0 aliphatic carbocycles. The Bertz CT molecular complexity index is 492. The van der Waals surface area contributed by atoms with E-state index in [1.54, 1.807) is 0 Å². The maximum Gasteiger partial charge on any atom is 0.241 e. The largest absolute Gasteiger partial charge is 0.241 e. The van der Waals surface area contributed by atoms with E-state index < -0.39 is 3.12 Å². The summed E-state index contributed by atoms with van der Waals surface area (Å²) in [4.78, 5) is 0.957. The van der Waals surface area contributed by atoms with Crippen molar-refractivity contribution in [3.8, 4) is 11.1 Å². The molecule has 0 saturated carbocycles. The minimum Gasteiger partial charge on any atom is -0.0714 e. The number of alkyl halides is 3. The number of hydrogen-bond acceptors (Lipinski definition) is 1. The summed E-state index contributed by atoms with van der Waals surface area (Å²) in [5, 5.41) is 0. The molecule has 4 heteroatoms. The monoisotopic (exact) mass is 302 g/mol. The molecule has 0 aromatic heterocycles. The minimum atomic E-state index is -1.34. The smallest absolute Gasteiger partial charge is 0.0714 e. The Morgan fingerprint density at radius 3 is 2.00 bits per heavy atom. The lowest BCUT2D eigenvalue weighted by Crippen LogP contribution is -1.94. The highest BCUT2D eigenvalue weighted by Gasteiger charge is 2.22. The van der Waals surface area contributed by atoms with E-state index in [2.05, 4.69) is 0 Å². The van der Waals surface area contributed by atoms with Gasteiger partial charge in [0.25, 0.3) is 0 Å². The molecule has 0 amide bonds. The number of halogens is 3. The summed E-state index contributed by atoms with van der Waals surface area (Å²) in [6.45, 7) is 0. The molecular formula is C13H9Cl3S. The van der Waals surface area contributed by atoms with Gasteiger partial charge in [0.1, 0.15) is 0 Å². The molecule has 17 heavy (non-hydrogen) atoms. The van der Waals surface area contributed by atoms with Gasteiger partial charge in [0, 0.05) is 4.90 Å². The van der Waals surface area contributed by atoms with Gasteiger partial charge in [0.15, 0.2) is 0 Å². The predicted molar refractivity (Wildman–Crippen MR) is 78.0 cm³/mol. The average Bonchev–Trinajstić information content (AvgIpc) is 2.29. The van der Waals surface area contributed by atoms with Crippen LogP contribution in [0, 0.1) is 0 Å². The maximum absolute atomic E-state index is 5.82. The summed E-state index contributed by atoms with van der Waals surface area (Å²) in [7, 11) is 0. The Labute approximate surface area is 120 Å². The van der Waals surface area contributed by atoms with E-state index in [9.17, 15) is 0 Å². The Morgan fingerprint density at radius 2 is 1.35 bits per heavy atom. The van der Waals surface area contributed by atoms with Crippen LogP contribution in [0.4, 0.5) is 0 Å². The lowest BCUT2D eigenvalue weighted by atomic mass is 10.1. The van der Waals surface area contributed by atoms with E-state index in [1.807, 2.05) is 54.6 Å². The van der Waals surface area contributed by atoms with Gasteiger partial charge in [-0.05, 0) is 17.2 Å². The highest BCUT2D eigenvalue weighted by Crippen LogP contribution is 2.46. The van der Waals surface area contributed by atoms with E-state index in [0.29, 0.717) is 0 Å². The second-order valence-electron chi connectivity index (χ2n) is 3.41. The number of benzene rings is 2. The molecule has 0 heterocycles. The van der Waals surface area contributed by atoms with Crippen molar-refractivity contribution in [3.63, 3.8) is 0 Å². The molecule has 88 valence electrons. The van der Waals surface area contributed by atoms with Crippen LogP contribution in [0.5, 0.6) is 0 Å². The molecule has 0 spiro atoms. The summed E-state index contributed by atoms with van der Waals surface area (Å²) in [5.74, 6) is 0. The third-order valence-electron chi connectivity index (χ3n) is 2.20. The van der Waals surface area contributed by atoms with Gasteiger partial charge in [-0.15, -0.1) is 0 Å². The van der Waals surface area contributed by atoms with Crippen molar-refractivity contribution in [1.29, 1.82) is 0 Å². The standard InChI is InChI=1S/C13H9Cl3S/c14-13(15,16)17-12-9-5-4-8-11(12)10-6-2-1-3-7-10/h1-9H. The molecule has 0 aliphatic rings. The van der Waals surface area contributed by atoms with Crippen molar-refractivity contribution < 1.29 is 0 Å². The summed E-state index contributed by atoms with van der Waals surface area (Å²) in [5.41, 5.74) is 2.19. The average molecular weight is 304 g/mol. The van der Waals surface area contributed by atoms with Crippen molar-refractivity contribution in [3.05, 3.63) is 54.6 Å². The Balaban J connectivity index is 2.41. The second kappa shape index (κ2) is 5.53. The van der Waals surface area contributed by atoms with Gasteiger partial charge in [-0.1, -0.05) is 95.1 Å². The van der Waals surface area contributed by atoms with Gasteiger partial charge in [-0.25, -0.2) is 0 Å². The summed E-state index contributed by atoms with van der Waals surface area (Å²) >= 11 is 18.7. The molecule has 2 aromatic rings. The number of thioether (sulfide) groups is 1. The molecule has 2 rings (SSSR count). The van der Waals surface area contributed by atoms with E-state index in [-0.39, 0.29) is 0 Å². The van der Waals surface area contributed by atoms with Crippen LogP contribution in [0.1, 0.15) is 0 Å². The zero-order chi connectivity index (χ0) is 12.3. The SMILES string of the molecule is ClC(Cl)(Cl)Sc1ccccc1-c1ccccc1. The van der Waals surface area contributed by atoms with Crippen LogP contribution < -0.4 is 0 Å². The second-order valence-corrected chi connectivity index (χ2v) is 7.62. The van der Waals surface area contributed by atoms with Gasteiger partial charge in [0.05, 0.1) is 0 Å². The quantitative estimate of drug-likeness (QED) is 0.501. The summed E-state index contributed by atoms with van der Waals surface area (Å²) in [6.07, 6.45) is 0. The molecule has 0 nitrogen and oxygen atoms in total. The normalized spacial score (nSPS) is 11.5. The lowest BCUT2D eigenvalue weighted by molar-refractivity contribution is 1.44. The molecule has 0 aliphatic heterocycles. The Morgan fingerprint density at radius 1 is 0.765 bits per heavy atom. The first kappa shape index (κ1) is 13.1. The maximum atomic E-state index is 5.82. The molecule has 0 fully saturated rings. The van der Waals surface area contributed by atoms with Crippen LogP contribution in [0.15, 0.2) is 59.5 Å². The van der Waals surface area contributed by atoms with Gasteiger partial charge in [-0.2, -0.15) is 0 Å². The van der Waals surface area contributed by atoms with E-state index in [4.69, 9.17) is 34.8 Å². The van der Waals surface area contributed by atoms with Crippen LogP contribution in [-0.2, 0) is 0 Å². The van der Waals surface area contributed by atoms with Crippen molar-refractivity contribution in [2.45, 2.75) is 8.02 Å².